The van der Waals surface area contributed by atoms with E-state index in [9.17, 15) is 4.79 Å². The quantitative estimate of drug-likeness (QED) is 0.711. The molecule has 3 rings (SSSR count). The summed E-state index contributed by atoms with van der Waals surface area (Å²) in [4.78, 5) is 28.2. The van der Waals surface area contributed by atoms with Crippen molar-refractivity contribution in [3.8, 4) is 10.4 Å². The largest absolute Gasteiger partial charge is 0.333 e. The van der Waals surface area contributed by atoms with Crippen molar-refractivity contribution >= 4 is 17.2 Å². The third kappa shape index (κ3) is 3.58. The van der Waals surface area contributed by atoms with Crippen molar-refractivity contribution in [2.45, 2.75) is 26.8 Å². The first-order valence-corrected chi connectivity index (χ1v) is 8.86. The first-order chi connectivity index (χ1) is 12.0. The minimum absolute atomic E-state index is 0.0325. The van der Waals surface area contributed by atoms with E-state index in [1.54, 1.807) is 29.5 Å². The number of hydrogen-bond donors (Lipinski definition) is 0. The number of hydrogen-bond acceptors (Lipinski definition) is 5. The van der Waals surface area contributed by atoms with Gasteiger partial charge in [0, 0.05) is 18.8 Å². The van der Waals surface area contributed by atoms with E-state index in [0.717, 1.165) is 26.8 Å². The third-order valence-corrected chi connectivity index (χ3v) is 5.35. The molecule has 128 valence electrons. The average Bonchev–Trinajstić information content (AvgIpc) is 2.99. The number of carbonyl (C=O) groups is 1. The molecule has 0 fully saturated rings. The second-order valence-corrected chi connectivity index (χ2v) is 7.15. The Balaban J connectivity index is 1.80. The van der Waals surface area contributed by atoms with Crippen LogP contribution in [0, 0.1) is 13.8 Å². The molecule has 1 unspecified atom stereocenters. The zero-order valence-corrected chi connectivity index (χ0v) is 15.5. The lowest BCUT2D eigenvalue weighted by atomic mass is 10.1. The highest BCUT2D eigenvalue weighted by Gasteiger charge is 2.20. The van der Waals surface area contributed by atoms with E-state index in [1.165, 1.54) is 6.33 Å². The molecule has 0 aliphatic rings. The van der Waals surface area contributed by atoms with Crippen molar-refractivity contribution in [3.05, 3.63) is 64.8 Å². The van der Waals surface area contributed by atoms with E-state index in [-0.39, 0.29) is 11.9 Å². The molecule has 1 atom stereocenters. The first-order valence-electron chi connectivity index (χ1n) is 8.05. The Bertz CT molecular complexity index is 874. The number of benzene rings is 1. The molecule has 0 saturated heterocycles. The minimum atomic E-state index is -0.124. The van der Waals surface area contributed by atoms with E-state index >= 15 is 0 Å². The van der Waals surface area contributed by atoms with Crippen LogP contribution in [0.5, 0.6) is 0 Å². The predicted octanol–water partition coefficient (Wildman–Crippen LogP) is 4.05. The topological polar surface area (TPSA) is 59.0 Å². The maximum Gasteiger partial charge on any atom is 0.254 e. The molecular weight excluding hydrogens is 332 g/mol. The number of rotatable bonds is 4. The second kappa shape index (κ2) is 7.11. The van der Waals surface area contributed by atoms with Gasteiger partial charge in [0.1, 0.15) is 6.33 Å². The van der Waals surface area contributed by atoms with Crippen LogP contribution in [0.1, 0.15) is 39.7 Å². The van der Waals surface area contributed by atoms with Crippen LogP contribution in [0.2, 0.25) is 0 Å². The summed E-state index contributed by atoms with van der Waals surface area (Å²) in [6.45, 7) is 5.97. The van der Waals surface area contributed by atoms with Crippen molar-refractivity contribution in [1.82, 2.24) is 19.9 Å². The Morgan fingerprint density at radius 2 is 1.88 bits per heavy atom. The van der Waals surface area contributed by atoms with Crippen molar-refractivity contribution in [1.29, 1.82) is 0 Å². The average molecular weight is 352 g/mol. The van der Waals surface area contributed by atoms with Crippen LogP contribution in [0.15, 0.2) is 42.9 Å². The fraction of sp³-hybridized carbons (Fsp3) is 0.263. The van der Waals surface area contributed by atoms with Crippen molar-refractivity contribution < 1.29 is 4.79 Å². The summed E-state index contributed by atoms with van der Waals surface area (Å²) in [5.41, 5.74) is 3.59. The van der Waals surface area contributed by atoms with Gasteiger partial charge in [-0.15, -0.1) is 11.3 Å². The predicted molar refractivity (Wildman–Crippen MR) is 99.6 cm³/mol. The van der Waals surface area contributed by atoms with Crippen molar-refractivity contribution in [3.63, 3.8) is 0 Å². The Kier molecular flexibility index (Phi) is 4.90. The summed E-state index contributed by atoms with van der Waals surface area (Å²) >= 11 is 1.67. The molecule has 1 aromatic carbocycles. The summed E-state index contributed by atoms with van der Waals surface area (Å²) in [7, 11) is 1.79. The van der Waals surface area contributed by atoms with Crippen LogP contribution < -0.4 is 0 Å². The van der Waals surface area contributed by atoms with Gasteiger partial charge < -0.3 is 4.90 Å². The summed E-state index contributed by atoms with van der Waals surface area (Å²) in [6, 6.07) is 9.41. The van der Waals surface area contributed by atoms with Gasteiger partial charge in [-0.1, -0.05) is 12.1 Å². The molecule has 0 aliphatic heterocycles. The number of thiazole rings is 1. The van der Waals surface area contributed by atoms with Gasteiger partial charge in [0.25, 0.3) is 5.91 Å². The summed E-state index contributed by atoms with van der Waals surface area (Å²) in [6.07, 6.45) is 3.18. The molecule has 25 heavy (non-hydrogen) atoms. The van der Waals surface area contributed by atoms with E-state index in [1.807, 2.05) is 51.1 Å². The molecular formula is C19H20N4OS. The standard InChI is InChI=1S/C19H20N4OS/c1-12-18(25-14(3)22-12)15-5-7-16(8-6-15)19(24)23(4)13(2)17-9-10-20-11-21-17/h5-11,13H,1-4H3. The number of aromatic nitrogens is 3. The number of amides is 1. The molecule has 1 amide bonds. The zero-order valence-electron chi connectivity index (χ0n) is 14.7. The normalized spacial score (nSPS) is 12.0. The Morgan fingerprint density at radius 1 is 1.16 bits per heavy atom. The van der Waals surface area contributed by atoms with Crippen molar-refractivity contribution in [2.24, 2.45) is 0 Å². The molecule has 6 heteroatoms. The molecule has 3 aromatic rings. The molecule has 5 nitrogen and oxygen atoms in total. The lowest BCUT2D eigenvalue weighted by Gasteiger charge is -2.24. The Labute approximate surface area is 151 Å². The van der Waals surface area contributed by atoms with Crippen molar-refractivity contribution in [2.75, 3.05) is 7.05 Å². The third-order valence-electron chi connectivity index (χ3n) is 4.23. The van der Waals surface area contributed by atoms with Crippen LogP contribution in [-0.4, -0.2) is 32.8 Å². The van der Waals surface area contributed by atoms with Gasteiger partial charge in [-0.3, -0.25) is 4.79 Å². The molecule has 2 aromatic heterocycles. The van der Waals surface area contributed by atoms with Crippen LogP contribution in [-0.2, 0) is 0 Å². The van der Waals surface area contributed by atoms with E-state index in [4.69, 9.17) is 0 Å². The van der Waals surface area contributed by atoms with Crippen LogP contribution in [0.3, 0.4) is 0 Å². The Hall–Kier alpha value is -2.60. The molecule has 0 spiro atoms. The molecule has 0 bridgehead atoms. The number of aryl methyl sites for hydroxylation is 2. The smallest absolute Gasteiger partial charge is 0.254 e. The fourth-order valence-electron chi connectivity index (χ4n) is 2.69. The molecule has 0 saturated carbocycles. The molecule has 2 heterocycles. The maximum atomic E-state index is 12.8. The van der Waals surface area contributed by atoms with Gasteiger partial charge >= 0.3 is 0 Å². The van der Waals surface area contributed by atoms with Crippen LogP contribution in [0.4, 0.5) is 0 Å². The zero-order chi connectivity index (χ0) is 18.0. The minimum Gasteiger partial charge on any atom is -0.333 e. The monoisotopic (exact) mass is 352 g/mol. The van der Waals surface area contributed by atoms with Gasteiger partial charge in [0.05, 0.1) is 27.3 Å². The van der Waals surface area contributed by atoms with Crippen LogP contribution >= 0.6 is 11.3 Å². The van der Waals surface area contributed by atoms with E-state index < -0.39 is 0 Å². The SMILES string of the molecule is Cc1nc(C)c(-c2ccc(C(=O)N(C)C(C)c3ccncn3)cc2)s1. The van der Waals surface area contributed by atoms with Crippen LogP contribution in [0.25, 0.3) is 10.4 Å². The first kappa shape index (κ1) is 17.2. The lowest BCUT2D eigenvalue weighted by Crippen LogP contribution is -2.30. The molecule has 0 radical (unpaired) electrons. The summed E-state index contributed by atoms with van der Waals surface area (Å²) < 4.78 is 0. The number of carbonyl (C=O) groups excluding carboxylic acids is 1. The fourth-order valence-corrected chi connectivity index (χ4v) is 3.61. The number of nitrogens with zero attached hydrogens (tertiary/aromatic N) is 4. The van der Waals surface area contributed by atoms with Gasteiger partial charge in [-0.05, 0) is 44.5 Å². The van der Waals surface area contributed by atoms with Gasteiger partial charge in [0.15, 0.2) is 0 Å². The van der Waals surface area contributed by atoms with E-state index in [2.05, 4.69) is 15.0 Å². The van der Waals surface area contributed by atoms with Gasteiger partial charge in [-0.2, -0.15) is 0 Å². The molecule has 0 N–H and O–H groups in total. The highest BCUT2D eigenvalue weighted by atomic mass is 32.1. The molecule has 0 aliphatic carbocycles. The van der Waals surface area contributed by atoms with Gasteiger partial charge in [0.2, 0.25) is 0 Å². The Morgan fingerprint density at radius 3 is 2.44 bits per heavy atom. The second-order valence-electron chi connectivity index (χ2n) is 5.95. The lowest BCUT2D eigenvalue weighted by molar-refractivity contribution is 0.0739. The highest BCUT2D eigenvalue weighted by molar-refractivity contribution is 7.15. The maximum absolute atomic E-state index is 12.8. The highest BCUT2D eigenvalue weighted by Crippen LogP contribution is 2.30. The van der Waals surface area contributed by atoms with E-state index in [0.29, 0.717) is 5.56 Å². The summed E-state index contributed by atoms with van der Waals surface area (Å²) in [5.74, 6) is -0.0325. The summed E-state index contributed by atoms with van der Waals surface area (Å²) in [5, 5.41) is 1.05. The van der Waals surface area contributed by atoms with Gasteiger partial charge in [-0.25, -0.2) is 15.0 Å².